The highest BCUT2D eigenvalue weighted by molar-refractivity contribution is 7.93. The zero-order valence-electron chi connectivity index (χ0n) is 17.6. The molecule has 0 aliphatic rings. The quantitative estimate of drug-likeness (QED) is 0.423. The summed E-state index contributed by atoms with van der Waals surface area (Å²) in [6.45, 7) is 2.44. The molecule has 0 aliphatic carbocycles. The molecule has 1 amide bonds. The van der Waals surface area contributed by atoms with Crippen LogP contribution < -0.4 is 13.8 Å². The Morgan fingerprint density at radius 2 is 1.53 bits per heavy atom. The van der Waals surface area contributed by atoms with Gasteiger partial charge in [-0.2, -0.15) is 4.31 Å². The van der Waals surface area contributed by atoms with Gasteiger partial charge in [-0.1, -0.05) is 23.7 Å². The fourth-order valence-electron chi connectivity index (χ4n) is 2.89. The number of carbonyl (C=O) groups excluding carboxylic acids is 1. The Kier molecular flexibility index (Phi) is 7.56. The molecule has 0 saturated heterocycles. The molecule has 6 nitrogen and oxygen atoms in total. The van der Waals surface area contributed by atoms with Crippen molar-refractivity contribution >= 4 is 39.3 Å². The molecule has 3 aromatic carbocycles. The summed E-state index contributed by atoms with van der Waals surface area (Å²) < 4.78 is 38.0. The van der Waals surface area contributed by atoms with Crippen molar-refractivity contribution in [1.82, 2.24) is 0 Å². The van der Waals surface area contributed by atoms with Crippen LogP contribution in [0.5, 0.6) is 11.5 Å². The Morgan fingerprint density at radius 1 is 0.938 bits per heavy atom. The van der Waals surface area contributed by atoms with Crippen molar-refractivity contribution in [2.24, 2.45) is 0 Å². The number of rotatable bonds is 8. The van der Waals surface area contributed by atoms with Gasteiger partial charge in [-0.15, -0.1) is 0 Å². The van der Waals surface area contributed by atoms with Crippen molar-refractivity contribution in [3.63, 3.8) is 0 Å². The second-order valence-corrected chi connectivity index (χ2v) is 8.82. The van der Waals surface area contributed by atoms with Crippen LogP contribution in [-0.2, 0) is 14.8 Å². The molecule has 32 heavy (non-hydrogen) atoms. The number of hydrogen-bond donors (Lipinski definition) is 0. The second kappa shape index (κ2) is 10.3. The molecule has 0 atom stereocenters. The lowest BCUT2D eigenvalue weighted by Crippen LogP contribution is -2.35. The minimum atomic E-state index is -4.20. The van der Waals surface area contributed by atoms with E-state index in [2.05, 4.69) is 0 Å². The van der Waals surface area contributed by atoms with Crippen LogP contribution in [-0.4, -0.2) is 28.0 Å². The highest BCUT2D eigenvalue weighted by Crippen LogP contribution is 2.27. The Labute approximate surface area is 192 Å². The molecular formula is C24H22ClNO5S. The summed E-state index contributed by atoms with van der Waals surface area (Å²) in [5.74, 6) is 0.523. The van der Waals surface area contributed by atoms with Crippen LogP contribution in [0.4, 0.5) is 5.69 Å². The molecule has 0 aliphatic heterocycles. The standard InChI is InChI=1S/C24H22ClNO5S/c1-3-31-22-11-4-18(5-12-22)6-17-24(27)26(20-9-13-21(30-2)14-10-20)32(28,29)23-15-7-19(25)8-16-23/h4-17H,3H2,1-2H3/b17-6+. The number of nitrogens with zero attached hydrogens (tertiary/aromatic N) is 1. The van der Waals surface area contributed by atoms with Gasteiger partial charge in [-0.3, -0.25) is 4.79 Å². The monoisotopic (exact) mass is 471 g/mol. The maximum Gasteiger partial charge on any atom is 0.271 e. The molecule has 0 N–H and O–H groups in total. The third-order valence-electron chi connectivity index (χ3n) is 4.47. The molecule has 8 heteroatoms. The van der Waals surface area contributed by atoms with E-state index in [9.17, 15) is 13.2 Å². The van der Waals surface area contributed by atoms with Gasteiger partial charge in [-0.05, 0) is 79.2 Å². The van der Waals surface area contributed by atoms with Gasteiger partial charge >= 0.3 is 0 Å². The second-order valence-electron chi connectivity index (χ2n) is 6.60. The summed E-state index contributed by atoms with van der Waals surface area (Å²) in [5.41, 5.74) is 0.905. The lowest BCUT2D eigenvalue weighted by Gasteiger charge is -2.21. The predicted molar refractivity (Wildman–Crippen MR) is 126 cm³/mol. The minimum absolute atomic E-state index is 0.0551. The lowest BCUT2D eigenvalue weighted by molar-refractivity contribution is -0.113. The minimum Gasteiger partial charge on any atom is -0.497 e. The van der Waals surface area contributed by atoms with Crippen LogP contribution in [0.15, 0.2) is 83.8 Å². The fraction of sp³-hybridized carbons (Fsp3) is 0.125. The molecule has 3 aromatic rings. The first kappa shape index (κ1) is 23.4. The van der Waals surface area contributed by atoms with Crippen molar-refractivity contribution < 1.29 is 22.7 Å². The molecule has 166 valence electrons. The number of hydrogen-bond acceptors (Lipinski definition) is 5. The summed E-state index contributed by atoms with van der Waals surface area (Å²) in [6.07, 6.45) is 2.76. The molecule has 0 unspecified atom stereocenters. The third kappa shape index (κ3) is 5.49. The summed E-state index contributed by atoms with van der Waals surface area (Å²) in [4.78, 5) is 13.1. The van der Waals surface area contributed by atoms with Gasteiger partial charge in [0.15, 0.2) is 0 Å². The Morgan fingerprint density at radius 3 is 2.09 bits per heavy atom. The molecule has 0 aromatic heterocycles. The van der Waals surface area contributed by atoms with E-state index >= 15 is 0 Å². The average molecular weight is 472 g/mol. The number of halogens is 1. The highest BCUT2D eigenvalue weighted by atomic mass is 35.5. The first-order valence-corrected chi connectivity index (χ1v) is 11.6. The molecule has 0 heterocycles. The van der Waals surface area contributed by atoms with Gasteiger partial charge in [0, 0.05) is 11.1 Å². The number of ether oxygens (including phenoxy) is 2. The highest BCUT2D eigenvalue weighted by Gasteiger charge is 2.29. The summed E-state index contributed by atoms with van der Waals surface area (Å²) in [7, 11) is -2.69. The van der Waals surface area contributed by atoms with Gasteiger partial charge in [0.2, 0.25) is 0 Å². The average Bonchev–Trinajstić information content (AvgIpc) is 2.79. The van der Waals surface area contributed by atoms with E-state index in [0.29, 0.717) is 23.1 Å². The predicted octanol–water partition coefficient (Wildman–Crippen LogP) is 5.18. The Balaban J connectivity index is 1.97. The summed E-state index contributed by atoms with van der Waals surface area (Å²) in [6, 6.07) is 18.9. The van der Waals surface area contributed by atoms with E-state index in [0.717, 1.165) is 9.87 Å². The van der Waals surface area contributed by atoms with E-state index in [4.69, 9.17) is 21.1 Å². The number of benzene rings is 3. The van der Waals surface area contributed by atoms with E-state index in [1.165, 1.54) is 49.6 Å². The SMILES string of the molecule is CCOc1ccc(/C=C/C(=O)N(c2ccc(OC)cc2)S(=O)(=O)c2ccc(Cl)cc2)cc1. The van der Waals surface area contributed by atoms with Gasteiger partial charge in [0.1, 0.15) is 11.5 Å². The fourth-order valence-corrected chi connectivity index (χ4v) is 4.40. The van der Waals surface area contributed by atoms with Crippen molar-refractivity contribution in [3.05, 3.63) is 89.5 Å². The Bertz CT molecular complexity index is 1190. The first-order chi connectivity index (χ1) is 15.3. The number of amides is 1. The zero-order valence-corrected chi connectivity index (χ0v) is 19.1. The normalized spacial score (nSPS) is 11.3. The van der Waals surface area contributed by atoms with Crippen molar-refractivity contribution in [2.75, 3.05) is 18.0 Å². The van der Waals surface area contributed by atoms with E-state index in [1.807, 2.05) is 6.92 Å². The van der Waals surface area contributed by atoms with Crippen molar-refractivity contribution in [3.8, 4) is 11.5 Å². The zero-order chi connectivity index (χ0) is 23.1. The van der Waals surface area contributed by atoms with Crippen LogP contribution in [0.1, 0.15) is 12.5 Å². The molecule has 3 rings (SSSR count). The van der Waals surface area contributed by atoms with Gasteiger partial charge in [0.25, 0.3) is 15.9 Å². The third-order valence-corrected chi connectivity index (χ3v) is 6.46. The molecule has 0 bridgehead atoms. The maximum atomic E-state index is 13.3. The van der Waals surface area contributed by atoms with Crippen LogP contribution in [0, 0.1) is 0 Å². The summed E-state index contributed by atoms with van der Waals surface area (Å²) >= 11 is 5.89. The number of methoxy groups -OCH3 is 1. The van der Waals surface area contributed by atoms with E-state index in [1.54, 1.807) is 42.5 Å². The molecule has 0 spiro atoms. The largest absolute Gasteiger partial charge is 0.497 e. The van der Waals surface area contributed by atoms with E-state index in [-0.39, 0.29) is 10.6 Å². The number of anilines is 1. The molecular weight excluding hydrogens is 450 g/mol. The van der Waals surface area contributed by atoms with Gasteiger partial charge in [0.05, 0.1) is 24.3 Å². The number of carbonyl (C=O) groups is 1. The smallest absolute Gasteiger partial charge is 0.271 e. The molecule has 0 radical (unpaired) electrons. The van der Waals surface area contributed by atoms with E-state index < -0.39 is 15.9 Å². The van der Waals surface area contributed by atoms with Gasteiger partial charge in [-0.25, -0.2) is 8.42 Å². The topological polar surface area (TPSA) is 72.9 Å². The van der Waals surface area contributed by atoms with Crippen LogP contribution >= 0.6 is 11.6 Å². The summed E-state index contributed by atoms with van der Waals surface area (Å²) in [5, 5.41) is 0.390. The molecule has 0 saturated carbocycles. The maximum absolute atomic E-state index is 13.3. The van der Waals surface area contributed by atoms with Crippen LogP contribution in [0.25, 0.3) is 6.08 Å². The number of sulfonamides is 1. The van der Waals surface area contributed by atoms with Gasteiger partial charge < -0.3 is 9.47 Å². The van der Waals surface area contributed by atoms with Crippen LogP contribution in [0.2, 0.25) is 5.02 Å². The Hall–Kier alpha value is -3.29. The van der Waals surface area contributed by atoms with Crippen molar-refractivity contribution in [1.29, 1.82) is 0 Å². The van der Waals surface area contributed by atoms with Crippen LogP contribution in [0.3, 0.4) is 0 Å². The molecule has 0 fully saturated rings. The van der Waals surface area contributed by atoms with Crippen molar-refractivity contribution in [2.45, 2.75) is 11.8 Å². The first-order valence-electron chi connectivity index (χ1n) is 9.75. The lowest BCUT2D eigenvalue weighted by atomic mass is 10.2.